The van der Waals surface area contributed by atoms with Gasteiger partial charge in [0.1, 0.15) is 0 Å². The molecule has 0 aromatic carbocycles. The highest BCUT2D eigenvalue weighted by molar-refractivity contribution is 6.33. The summed E-state index contributed by atoms with van der Waals surface area (Å²) in [7, 11) is 1.25. The maximum absolute atomic E-state index is 11.2. The number of rotatable bonds is 3. The van der Waals surface area contributed by atoms with E-state index < -0.39 is 5.97 Å². The third-order valence-electron chi connectivity index (χ3n) is 3.02. The molecule has 3 heteroatoms. The van der Waals surface area contributed by atoms with E-state index in [9.17, 15) is 9.59 Å². The summed E-state index contributed by atoms with van der Waals surface area (Å²) < 4.78 is 4.39. The number of methoxy groups -OCH3 is 1. The Hall–Kier alpha value is -0.860. The lowest BCUT2D eigenvalue weighted by Crippen LogP contribution is -2.21. The van der Waals surface area contributed by atoms with Crippen LogP contribution in [0.15, 0.2) is 0 Å². The number of carbonyl (C=O) groups is 2. The maximum Gasteiger partial charge on any atom is 0.374 e. The van der Waals surface area contributed by atoms with Crippen molar-refractivity contribution >= 4 is 11.8 Å². The number of Topliss-reactive ketones (excluding diaryl/α,β-unsaturated/α-hetero) is 1. The average Bonchev–Trinajstić information content (AvgIpc) is 2.20. The molecule has 0 aromatic heterocycles. The molecule has 14 heavy (non-hydrogen) atoms. The zero-order valence-electron chi connectivity index (χ0n) is 8.91. The molecule has 0 aromatic rings. The normalized spacial score (nSPS) is 27.0. The monoisotopic (exact) mass is 198 g/mol. The summed E-state index contributed by atoms with van der Waals surface area (Å²) in [6.45, 7) is 2.23. The number of ketones is 1. The fourth-order valence-corrected chi connectivity index (χ4v) is 1.99. The SMILES string of the molecule is COC(=O)C(=O)CC1CCC(C)CC1. The summed E-state index contributed by atoms with van der Waals surface area (Å²) in [6.07, 6.45) is 4.88. The van der Waals surface area contributed by atoms with E-state index in [1.54, 1.807) is 0 Å². The maximum atomic E-state index is 11.2. The number of hydrogen-bond donors (Lipinski definition) is 0. The summed E-state index contributed by atoms with van der Waals surface area (Å²) in [5.74, 6) is 0.118. The molecule has 1 aliphatic carbocycles. The lowest BCUT2D eigenvalue weighted by Gasteiger charge is -2.25. The van der Waals surface area contributed by atoms with Crippen molar-refractivity contribution in [1.82, 2.24) is 0 Å². The number of ether oxygens (including phenoxy) is 1. The van der Waals surface area contributed by atoms with Gasteiger partial charge in [-0.15, -0.1) is 0 Å². The van der Waals surface area contributed by atoms with Gasteiger partial charge in [-0.3, -0.25) is 4.79 Å². The second-order valence-corrected chi connectivity index (χ2v) is 4.24. The Bertz CT molecular complexity index is 215. The van der Waals surface area contributed by atoms with Gasteiger partial charge in [-0.2, -0.15) is 0 Å². The predicted octanol–water partition coefficient (Wildman–Crippen LogP) is 1.94. The Labute approximate surface area is 84.8 Å². The molecule has 80 valence electrons. The van der Waals surface area contributed by atoms with Gasteiger partial charge in [-0.1, -0.05) is 19.8 Å². The third kappa shape index (κ3) is 3.13. The van der Waals surface area contributed by atoms with Crippen LogP contribution in [0.3, 0.4) is 0 Å². The van der Waals surface area contributed by atoms with Crippen molar-refractivity contribution in [1.29, 1.82) is 0 Å². The van der Waals surface area contributed by atoms with Crippen LogP contribution in [-0.2, 0) is 14.3 Å². The van der Waals surface area contributed by atoms with Gasteiger partial charge in [0.2, 0.25) is 5.78 Å². The molecule has 0 heterocycles. The van der Waals surface area contributed by atoms with E-state index in [0.717, 1.165) is 18.8 Å². The van der Waals surface area contributed by atoms with Crippen LogP contribution in [0.25, 0.3) is 0 Å². The Morgan fingerprint density at radius 1 is 1.21 bits per heavy atom. The van der Waals surface area contributed by atoms with Gasteiger partial charge in [0.25, 0.3) is 0 Å². The van der Waals surface area contributed by atoms with Crippen molar-refractivity contribution in [2.24, 2.45) is 11.8 Å². The van der Waals surface area contributed by atoms with Crippen LogP contribution in [0.5, 0.6) is 0 Å². The molecule has 0 radical (unpaired) electrons. The highest BCUT2D eigenvalue weighted by Crippen LogP contribution is 2.30. The first-order valence-electron chi connectivity index (χ1n) is 5.24. The molecule has 0 bridgehead atoms. The first kappa shape index (κ1) is 11.2. The topological polar surface area (TPSA) is 43.4 Å². The van der Waals surface area contributed by atoms with E-state index >= 15 is 0 Å². The van der Waals surface area contributed by atoms with Crippen LogP contribution in [0.4, 0.5) is 0 Å². The van der Waals surface area contributed by atoms with Gasteiger partial charge in [0, 0.05) is 6.42 Å². The molecule has 0 atom stereocenters. The first-order valence-corrected chi connectivity index (χ1v) is 5.24. The van der Waals surface area contributed by atoms with Crippen molar-refractivity contribution in [3.05, 3.63) is 0 Å². The summed E-state index contributed by atoms with van der Waals surface area (Å²) in [6, 6.07) is 0. The van der Waals surface area contributed by atoms with Crippen molar-refractivity contribution in [2.45, 2.75) is 39.0 Å². The highest BCUT2D eigenvalue weighted by Gasteiger charge is 2.23. The molecule has 0 saturated heterocycles. The number of carbonyl (C=O) groups excluding carboxylic acids is 2. The molecular formula is C11H18O3. The van der Waals surface area contributed by atoms with Gasteiger partial charge in [0.15, 0.2) is 0 Å². The molecule has 0 amide bonds. The molecule has 1 aliphatic rings. The summed E-state index contributed by atoms with van der Waals surface area (Å²) in [4.78, 5) is 22.1. The summed E-state index contributed by atoms with van der Waals surface area (Å²) >= 11 is 0. The molecule has 1 fully saturated rings. The fraction of sp³-hybridized carbons (Fsp3) is 0.818. The Morgan fingerprint density at radius 3 is 2.29 bits per heavy atom. The van der Waals surface area contributed by atoms with Crippen LogP contribution in [-0.4, -0.2) is 18.9 Å². The minimum atomic E-state index is -0.691. The summed E-state index contributed by atoms with van der Waals surface area (Å²) in [5.41, 5.74) is 0. The average molecular weight is 198 g/mol. The highest BCUT2D eigenvalue weighted by atomic mass is 16.5. The van der Waals surface area contributed by atoms with Crippen molar-refractivity contribution in [3.8, 4) is 0 Å². The fourth-order valence-electron chi connectivity index (χ4n) is 1.99. The van der Waals surface area contributed by atoms with Crippen molar-refractivity contribution in [3.63, 3.8) is 0 Å². The lowest BCUT2D eigenvalue weighted by molar-refractivity contribution is -0.152. The number of hydrogen-bond acceptors (Lipinski definition) is 3. The van der Waals surface area contributed by atoms with E-state index in [1.165, 1.54) is 20.0 Å². The third-order valence-corrected chi connectivity index (χ3v) is 3.02. The Kier molecular flexibility index (Phi) is 4.11. The molecule has 0 unspecified atom stereocenters. The second-order valence-electron chi connectivity index (χ2n) is 4.24. The van der Waals surface area contributed by atoms with Crippen molar-refractivity contribution in [2.75, 3.05) is 7.11 Å². The summed E-state index contributed by atoms with van der Waals surface area (Å²) in [5, 5.41) is 0. The number of esters is 1. The van der Waals surface area contributed by atoms with Crippen LogP contribution < -0.4 is 0 Å². The van der Waals surface area contributed by atoms with Crippen molar-refractivity contribution < 1.29 is 14.3 Å². The predicted molar refractivity (Wildman–Crippen MR) is 52.8 cm³/mol. The quantitative estimate of drug-likeness (QED) is 0.514. The van der Waals surface area contributed by atoms with Crippen LogP contribution >= 0.6 is 0 Å². The van der Waals surface area contributed by atoms with Crippen LogP contribution in [0, 0.1) is 11.8 Å². The van der Waals surface area contributed by atoms with E-state index in [0.29, 0.717) is 12.3 Å². The molecule has 0 spiro atoms. The lowest BCUT2D eigenvalue weighted by atomic mass is 9.81. The molecule has 1 saturated carbocycles. The Balaban J connectivity index is 2.31. The zero-order valence-corrected chi connectivity index (χ0v) is 8.91. The van der Waals surface area contributed by atoms with Gasteiger partial charge < -0.3 is 4.74 Å². The molecular weight excluding hydrogens is 180 g/mol. The Morgan fingerprint density at radius 2 is 1.79 bits per heavy atom. The van der Waals surface area contributed by atoms with Crippen LogP contribution in [0.1, 0.15) is 39.0 Å². The minimum absolute atomic E-state index is 0.368. The van der Waals surface area contributed by atoms with E-state index in [4.69, 9.17) is 0 Å². The minimum Gasteiger partial charge on any atom is -0.463 e. The van der Waals surface area contributed by atoms with E-state index in [1.807, 2.05) is 0 Å². The zero-order chi connectivity index (χ0) is 10.6. The van der Waals surface area contributed by atoms with E-state index in [2.05, 4.69) is 11.7 Å². The van der Waals surface area contributed by atoms with Crippen LogP contribution in [0.2, 0.25) is 0 Å². The molecule has 1 rings (SSSR count). The standard InChI is InChI=1S/C11H18O3/c1-8-3-5-9(6-4-8)7-10(12)11(13)14-2/h8-9H,3-7H2,1-2H3. The van der Waals surface area contributed by atoms with Gasteiger partial charge in [-0.25, -0.2) is 4.79 Å². The molecule has 0 aliphatic heterocycles. The van der Waals surface area contributed by atoms with Gasteiger partial charge >= 0.3 is 5.97 Å². The largest absolute Gasteiger partial charge is 0.463 e. The molecule has 0 N–H and O–H groups in total. The second kappa shape index (κ2) is 5.13. The van der Waals surface area contributed by atoms with E-state index in [-0.39, 0.29) is 5.78 Å². The smallest absolute Gasteiger partial charge is 0.374 e. The van der Waals surface area contributed by atoms with Gasteiger partial charge in [0.05, 0.1) is 7.11 Å². The first-order chi connectivity index (χ1) is 6.63. The molecule has 3 nitrogen and oxygen atoms in total. The van der Waals surface area contributed by atoms with Gasteiger partial charge in [-0.05, 0) is 24.7 Å².